The van der Waals surface area contributed by atoms with Gasteiger partial charge in [-0.3, -0.25) is 4.79 Å². The quantitative estimate of drug-likeness (QED) is 0.601. The smallest absolute Gasteiger partial charge is 0.280 e. The Labute approximate surface area is 78.1 Å². The summed E-state index contributed by atoms with van der Waals surface area (Å²) in [5.41, 5.74) is 3.43. The Bertz CT molecular complexity index is 266. The van der Waals surface area contributed by atoms with E-state index in [1.807, 2.05) is 13.0 Å². The number of nitrogens with one attached hydrogen (secondary N) is 1. The van der Waals surface area contributed by atoms with Crippen LogP contribution in [0.4, 0.5) is 4.79 Å². The highest BCUT2D eigenvalue weighted by atomic mass is 32.1. The second-order valence-electron chi connectivity index (χ2n) is 2.99. The highest BCUT2D eigenvalue weighted by Gasteiger charge is 2.09. The Balaban J connectivity index is 2.77. The molecule has 66 valence electrons. The number of hydrogen-bond donors (Lipinski definition) is 2. The molecule has 1 N–H and O–H groups in total. The van der Waals surface area contributed by atoms with E-state index < -0.39 is 0 Å². The second kappa shape index (κ2) is 3.81. The number of rotatable bonds is 1. The summed E-state index contributed by atoms with van der Waals surface area (Å²) in [6.07, 6.45) is 4.14. The molecule has 0 fully saturated rings. The molecule has 1 aliphatic carbocycles. The molecular weight excluding hydrogens is 170 g/mol. The Hall–Kier alpha value is -0.700. The van der Waals surface area contributed by atoms with Gasteiger partial charge in [0.2, 0.25) is 0 Å². The van der Waals surface area contributed by atoms with Crippen molar-refractivity contribution in [3.8, 4) is 0 Å². The van der Waals surface area contributed by atoms with Crippen molar-refractivity contribution in [2.24, 2.45) is 0 Å². The Morgan fingerprint density at radius 1 is 1.58 bits per heavy atom. The minimum Gasteiger partial charge on any atom is -0.317 e. The monoisotopic (exact) mass is 183 g/mol. The molecule has 12 heavy (non-hydrogen) atoms. The zero-order chi connectivity index (χ0) is 9.14. The minimum absolute atomic E-state index is 0.296. The van der Waals surface area contributed by atoms with Gasteiger partial charge >= 0.3 is 0 Å². The molecule has 0 heterocycles. The average Bonchev–Trinajstić information content (AvgIpc) is 1.98. The zero-order valence-corrected chi connectivity index (χ0v) is 8.24. The van der Waals surface area contributed by atoms with Gasteiger partial charge in [0.25, 0.3) is 5.24 Å². The van der Waals surface area contributed by atoms with Gasteiger partial charge in [0.1, 0.15) is 0 Å². The van der Waals surface area contributed by atoms with Crippen LogP contribution in [0.15, 0.2) is 22.9 Å². The predicted octanol–water partition coefficient (Wildman–Crippen LogP) is 2.64. The lowest BCUT2D eigenvalue weighted by molar-refractivity contribution is 0.263. The summed E-state index contributed by atoms with van der Waals surface area (Å²) in [7, 11) is 0. The number of carbonyl (C=O) groups excluding carboxylic acids is 1. The van der Waals surface area contributed by atoms with Crippen molar-refractivity contribution in [3.63, 3.8) is 0 Å². The van der Waals surface area contributed by atoms with Gasteiger partial charge in [-0.1, -0.05) is 24.3 Å². The van der Waals surface area contributed by atoms with E-state index in [4.69, 9.17) is 0 Å². The molecule has 1 rings (SSSR count). The number of amides is 1. The highest BCUT2D eigenvalue weighted by molar-refractivity contribution is 7.96. The molecule has 0 atom stereocenters. The molecule has 0 aliphatic heterocycles. The average molecular weight is 183 g/mol. The van der Waals surface area contributed by atoms with Crippen LogP contribution in [-0.2, 0) is 0 Å². The molecule has 0 radical (unpaired) electrons. The predicted molar refractivity (Wildman–Crippen MR) is 53.2 cm³/mol. The van der Waals surface area contributed by atoms with Crippen molar-refractivity contribution in [3.05, 3.63) is 22.9 Å². The molecule has 0 saturated carbocycles. The molecule has 0 unspecified atom stereocenters. The van der Waals surface area contributed by atoms with Crippen LogP contribution in [0.2, 0.25) is 0 Å². The summed E-state index contributed by atoms with van der Waals surface area (Å²) in [6.45, 7) is 4.11. The van der Waals surface area contributed by atoms with Gasteiger partial charge in [0, 0.05) is 5.70 Å². The Morgan fingerprint density at radius 2 is 2.25 bits per heavy atom. The van der Waals surface area contributed by atoms with E-state index in [-0.39, 0.29) is 5.24 Å². The summed E-state index contributed by atoms with van der Waals surface area (Å²) >= 11 is 3.67. The van der Waals surface area contributed by atoms with Crippen LogP contribution in [-0.4, -0.2) is 5.24 Å². The van der Waals surface area contributed by atoms with Gasteiger partial charge < -0.3 is 5.32 Å². The van der Waals surface area contributed by atoms with E-state index in [0.717, 1.165) is 18.5 Å². The van der Waals surface area contributed by atoms with E-state index in [1.165, 1.54) is 11.1 Å². The molecule has 1 aliphatic rings. The molecule has 0 aromatic heterocycles. The third-order valence-corrected chi connectivity index (χ3v) is 2.27. The summed E-state index contributed by atoms with van der Waals surface area (Å²) in [6, 6.07) is 0. The molecule has 0 aromatic rings. The maximum Gasteiger partial charge on any atom is 0.280 e. The number of allylic oxidation sites excluding steroid dienone is 3. The van der Waals surface area contributed by atoms with Crippen LogP contribution in [0.1, 0.15) is 26.7 Å². The summed E-state index contributed by atoms with van der Waals surface area (Å²) < 4.78 is 0. The Morgan fingerprint density at radius 3 is 2.83 bits per heavy atom. The van der Waals surface area contributed by atoms with E-state index in [1.54, 1.807) is 0 Å². The summed E-state index contributed by atoms with van der Waals surface area (Å²) in [4.78, 5) is 10.7. The van der Waals surface area contributed by atoms with Crippen molar-refractivity contribution < 1.29 is 4.79 Å². The van der Waals surface area contributed by atoms with Crippen molar-refractivity contribution in [2.45, 2.75) is 26.7 Å². The molecule has 1 amide bonds. The first-order valence-electron chi connectivity index (χ1n) is 3.98. The molecule has 0 saturated heterocycles. The first kappa shape index (κ1) is 9.39. The number of carbonyl (C=O) groups is 1. The third kappa shape index (κ3) is 2.14. The third-order valence-electron chi connectivity index (χ3n) is 2.15. The number of hydrogen-bond acceptors (Lipinski definition) is 1. The van der Waals surface area contributed by atoms with Gasteiger partial charge in [-0.15, -0.1) is 0 Å². The van der Waals surface area contributed by atoms with Crippen molar-refractivity contribution in [1.29, 1.82) is 0 Å². The number of thiol groups is 1. The molecule has 3 heteroatoms. The fourth-order valence-corrected chi connectivity index (χ4v) is 1.38. The van der Waals surface area contributed by atoms with Crippen LogP contribution in [0, 0.1) is 0 Å². The van der Waals surface area contributed by atoms with Crippen LogP contribution in [0.5, 0.6) is 0 Å². The fraction of sp³-hybridized carbons (Fsp3) is 0.444. The largest absolute Gasteiger partial charge is 0.317 e. The molecule has 0 aromatic carbocycles. The van der Waals surface area contributed by atoms with Gasteiger partial charge in [0.05, 0.1) is 0 Å². The SMILES string of the molecule is CC1=C(C)C(NC(=O)S)=CCC1. The van der Waals surface area contributed by atoms with Gasteiger partial charge in [-0.2, -0.15) is 0 Å². The molecule has 0 bridgehead atoms. The molecule has 0 spiro atoms. The first-order chi connectivity index (χ1) is 5.61. The molecule has 2 nitrogen and oxygen atoms in total. The highest BCUT2D eigenvalue weighted by Crippen LogP contribution is 2.22. The second-order valence-corrected chi connectivity index (χ2v) is 3.40. The standard InChI is InChI=1S/C9H13NOS/c1-6-4-3-5-8(7(6)2)10-9(11)12/h5H,3-4H2,1-2H3,(H2,10,11,12). The lowest BCUT2D eigenvalue weighted by Crippen LogP contribution is -2.18. The van der Waals surface area contributed by atoms with E-state index >= 15 is 0 Å². The first-order valence-corrected chi connectivity index (χ1v) is 4.43. The Kier molecular flexibility index (Phi) is 2.98. The van der Waals surface area contributed by atoms with Gasteiger partial charge in [0.15, 0.2) is 0 Å². The minimum atomic E-state index is -0.296. The van der Waals surface area contributed by atoms with E-state index in [0.29, 0.717) is 0 Å². The van der Waals surface area contributed by atoms with E-state index in [9.17, 15) is 4.79 Å². The van der Waals surface area contributed by atoms with Gasteiger partial charge in [-0.25, -0.2) is 0 Å². The van der Waals surface area contributed by atoms with Crippen molar-refractivity contribution >= 4 is 17.9 Å². The normalized spacial score (nSPS) is 17.4. The van der Waals surface area contributed by atoms with Gasteiger partial charge in [-0.05, 0) is 32.3 Å². The van der Waals surface area contributed by atoms with Crippen LogP contribution in [0.25, 0.3) is 0 Å². The van der Waals surface area contributed by atoms with Crippen LogP contribution >= 0.6 is 12.6 Å². The molecular formula is C9H13NOS. The summed E-state index contributed by atoms with van der Waals surface area (Å²) in [5.74, 6) is 0. The van der Waals surface area contributed by atoms with Crippen molar-refractivity contribution in [2.75, 3.05) is 0 Å². The van der Waals surface area contributed by atoms with Crippen LogP contribution in [0.3, 0.4) is 0 Å². The lowest BCUT2D eigenvalue weighted by atomic mass is 9.97. The topological polar surface area (TPSA) is 29.1 Å². The fourth-order valence-electron chi connectivity index (χ4n) is 1.26. The maximum absolute atomic E-state index is 10.7. The lowest BCUT2D eigenvalue weighted by Gasteiger charge is -2.16. The van der Waals surface area contributed by atoms with Crippen molar-refractivity contribution in [1.82, 2.24) is 5.32 Å². The van der Waals surface area contributed by atoms with Crippen LogP contribution < -0.4 is 5.32 Å². The maximum atomic E-state index is 10.7. The summed E-state index contributed by atoms with van der Waals surface area (Å²) in [5, 5.41) is 2.39. The zero-order valence-electron chi connectivity index (χ0n) is 7.35. The van der Waals surface area contributed by atoms with E-state index in [2.05, 4.69) is 24.9 Å².